The zero-order valence-electron chi connectivity index (χ0n) is 12.6. The van der Waals surface area contributed by atoms with Gasteiger partial charge in [-0.15, -0.1) is 12.4 Å². The monoisotopic (exact) mass is 331 g/mol. The lowest BCUT2D eigenvalue weighted by Gasteiger charge is -2.07. The third-order valence-corrected chi connectivity index (χ3v) is 3.32. The third-order valence-electron chi connectivity index (χ3n) is 3.32. The summed E-state index contributed by atoms with van der Waals surface area (Å²) in [6.07, 6.45) is -0.748. The number of nitrogens with one attached hydrogen (secondary N) is 1. The van der Waals surface area contributed by atoms with Gasteiger partial charge in [0.2, 0.25) is 0 Å². The summed E-state index contributed by atoms with van der Waals surface area (Å²) in [6, 6.07) is 7.78. The van der Waals surface area contributed by atoms with E-state index in [2.05, 4.69) is 10.4 Å². The van der Waals surface area contributed by atoms with Crippen molar-refractivity contribution in [2.45, 2.75) is 33.0 Å². The number of hydrogen-bond donors (Lipinski definition) is 1. The van der Waals surface area contributed by atoms with Gasteiger partial charge in [0.05, 0.1) is 13.3 Å². The fourth-order valence-electron chi connectivity index (χ4n) is 2.06. The van der Waals surface area contributed by atoms with Crippen LogP contribution >= 0.6 is 12.4 Å². The highest BCUT2D eigenvalue weighted by molar-refractivity contribution is 5.85. The zero-order valence-corrected chi connectivity index (χ0v) is 13.4. The Morgan fingerprint density at radius 2 is 1.91 bits per heavy atom. The van der Waals surface area contributed by atoms with Gasteiger partial charge >= 0.3 is 0 Å². The molecule has 7 heteroatoms. The molecule has 0 aliphatic rings. The summed E-state index contributed by atoms with van der Waals surface area (Å²) in [5.74, 6) is 0.822. The van der Waals surface area contributed by atoms with E-state index in [9.17, 15) is 8.78 Å². The van der Waals surface area contributed by atoms with Gasteiger partial charge < -0.3 is 10.1 Å². The fraction of sp³-hybridized carbons (Fsp3) is 0.400. The van der Waals surface area contributed by atoms with E-state index >= 15 is 0 Å². The van der Waals surface area contributed by atoms with Gasteiger partial charge in [0.1, 0.15) is 12.3 Å². The molecule has 0 spiro atoms. The standard InChI is InChI=1S/C15H19F2N3O.ClH/c1-11-13(9-19-20(11)10-15(16)17)8-18-7-12-3-5-14(21-2)6-4-12;/h3-6,9,15,18H,7-8,10H2,1-2H3;1H. The molecule has 0 saturated carbocycles. The summed E-state index contributed by atoms with van der Waals surface area (Å²) in [5, 5.41) is 7.27. The number of rotatable bonds is 7. The number of benzene rings is 1. The highest BCUT2D eigenvalue weighted by atomic mass is 35.5. The van der Waals surface area contributed by atoms with Gasteiger partial charge in [-0.05, 0) is 24.6 Å². The predicted octanol–water partition coefficient (Wildman–Crippen LogP) is 3.18. The number of halogens is 3. The second kappa shape index (κ2) is 8.70. The highest BCUT2D eigenvalue weighted by Gasteiger charge is 2.10. The van der Waals surface area contributed by atoms with E-state index in [0.717, 1.165) is 22.6 Å². The molecule has 0 aliphatic carbocycles. The Balaban J connectivity index is 0.00000242. The summed E-state index contributed by atoms with van der Waals surface area (Å²) in [7, 11) is 1.63. The summed E-state index contributed by atoms with van der Waals surface area (Å²) in [6.45, 7) is 2.74. The molecular formula is C15H20ClF2N3O. The van der Waals surface area contributed by atoms with Crippen LogP contribution in [-0.2, 0) is 19.6 Å². The molecule has 1 aromatic heterocycles. The quantitative estimate of drug-likeness (QED) is 0.847. The van der Waals surface area contributed by atoms with E-state index in [4.69, 9.17) is 4.74 Å². The third kappa shape index (κ3) is 4.96. The molecule has 0 bridgehead atoms. The number of methoxy groups -OCH3 is 1. The van der Waals surface area contributed by atoms with Crippen molar-refractivity contribution in [3.8, 4) is 5.75 Å². The maximum absolute atomic E-state index is 12.4. The van der Waals surface area contributed by atoms with E-state index in [-0.39, 0.29) is 19.0 Å². The molecule has 0 aliphatic heterocycles. The molecule has 0 radical (unpaired) electrons. The summed E-state index contributed by atoms with van der Waals surface area (Å²) in [5.41, 5.74) is 2.84. The molecular weight excluding hydrogens is 312 g/mol. The summed E-state index contributed by atoms with van der Waals surface area (Å²) < 4.78 is 31.2. The molecule has 0 atom stereocenters. The molecule has 0 amide bonds. The largest absolute Gasteiger partial charge is 0.497 e. The van der Waals surface area contributed by atoms with E-state index in [1.165, 1.54) is 4.68 Å². The van der Waals surface area contributed by atoms with Crippen molar-refractivity contribution in [1.82, 2.24) is 15.1 Å². The van der Waals surface area contributed by atoms with Crippen LogP contribution in [0.25, 0.3) is 0 Å². The van der Waals surface area contributed by atoms with Gasteiger partial charge in [0.15, 0.2) is 0 Å². The Kier molecular flexibility index (Phi) is 7.27. The Labute approximate surface area is 134 Å². The zero-order chi connectivity index (χ0) is 15.2. The molecule has 122 valence electrons. The lowest BCUT2D eigenvalue weighted by molar-refractivity contribution is 0.121. The molecule has 1 heterocycles. The minimum Gasteiger partial charge on any atom is -0.497 e. The van der Waals surface area contributed by atoms with Gasteiger partial charge in [-0.25, -0.2) is 8.78 Å². The average molecular weight is 332 g/mol. The molecule has 1 N–H and O–H groups in total. The van der Waals surface area contributed by atoms with Crippen LogP contribution in [0.3, 0.4) is 0 Å². The maximum Gasteiger partial charge on any atom is 0.257 e. The van der Waals surface area contributed by atoms with Gasteiger partial charge in [-0.1, -0.05) is 12.1 Å². The maximum atomic E-state index is 12.4. The first-order valence-electron chi connectivity index (χ1n) is 6.73. The van der Waals surface area contributed by atoms with Crippen LogP contribution in [0.4, 0.5) is 8.78 Å². The normalized spacial score (nSPS) is 10.6. The second-order valence-corrected chi connectivity index (χ2v) is 4.78. The van der Waals surface area contributed by atoms with Crippen LogP contribution in [0.1, 0.15) is 16.8 Å². The van der Waals surface area contributed by atoms with Crippen LogP contribution in [0.5, 0.6) is 5.75 Å². The van der Waals surface area contributed by atoms with Gasteiger partial charge in [-0.3, -0.25) is 4.68 Å². The van der Waals surface area contributed by atoms with Gasteiger partial charge in [0.25, 0.3) is 6.43 Å². The van der Waals surface area contributed by atoms with Crippen molar-refractivity contribution >= 4 is 12.4 Å². The Morgan fingerprint density at radius 3 is 2.50 bits per heavy atom. The van der Waals surface area contributed by atoms with Crippen LogP contribution in [0, 0.1) is 6.92 Å². The van der Waals surface area contributed by atoms with Crippen LogP contribution in [0.2, 0.25) is 0 Å². The second-order valence-electron chi connectivity index (χ2n) is 4.78. The average Bonchev–Trinajstić information content (AvgIpc) is 2.80. The van der Waals surface area contributed by atoms with Crippen molar-refractivity contribution in [1.29, 1.82) is 0 Å². The van der Waals surface area contributed by atoms with E-state index in [0.29, 0.717) is 13.1 Å². The number of ether oxygens (including phenoxy) is 1. The minimum atomic E-state index is -2.39. The van der Waals surface area contributed by atoms with E-state index in [1.807, 2.05) is 24.3 Å². The first kappa shape index (κ1) is 18.4. The lowest BCUT2D eigenvalue weighted by atomic mass is 10.2. The van der Waals surface area contributed by atoms with E-state index < -0.39 is 6.43 Å². The summed E-state index contributed by atoms with van der Waals surface area (Å²) >= 11 is 0. The SMILES string of the molecule is COc1ccc(CNCc2cnn(CC(F)F)c2C)cc1.Cl. The number of nitrogens with zero attached hydrogens (tertiary/aromatic N) is 2. The first-order chi connectivity index (χ1) is 10.1. The molecule has 1 aromatic carbocycles. The van der Waals surface area contributed by atoms with Crippen LogP contribution < -0.4 is 10.1 Å². The van der Waals surface area contributed by atoms with Gasteiger partial charge in [-0.2, -0.15) is 5.10 Å². The van der Waals surface area contributed by atoms with Crippen LogP contribution in [0.15, 0.2) is 30.5 Å². The molecule has 22 heavy (non-hydrogen) atoms. The van der Waals surface area contributed by atoms with Crippen molar-refractivity contribution < 1.29 is 13.5 Å². The summed E-state index contributed by atoms with van der Waals surface area (Å²) in [4.78, 5) is 0. The van der Waals surface area contributed by atoms with Crippen molar-refractivity contribution in [2.24, 2.45) is 0 Å². The lowest BCUT2D eigenvalue weighted by Crippen LogP contribution is -2.14. The fourth-order valence-corrected chi connectivity index (χ4v) is 2.06. The number of aromatic nitrogens is 2. The van der Waals surface area contributed by atoms with Crippen molar-refractivity contribution in [2.75, 3.05) is 7.11 Å². The van der Waals surface area contributed by atoms with Crippen LogP contribution in [-0.4, -0.2) is 23.3 Å². The molecule has 2 rings (SSSR count). The number of alkyl halides is 2. The molecule has 4 nitrogen and oxygen atoms in total. The smallest absolute Gasteiger partial charge is 0.257 e. The van der Waals surface area contributed by atoms with Gasteiger partial charge in [0, 0.05) is 24.3 Å². The Hall–Kier alpha value is -1.66. The Morgan fingerprint density at radius 1 is 1.23 bits per heavy atom. The topological polar surface area (TPSA) is 39.1 Å². The van der Waals surface area contributed by atoms with Crippen molar-refractivity contribution in [3.05, 3.63) is 47.3 Å². The minimum absolute atomic E-state index is 0. The molecule has 0 unspecified atom stereocenters. The number of hydrogen-bond acceptors (Lipinski definition) is 3. The highest BCUT2D eigenvalue weighted by Crippen LogP contribution is 2.12. The van der Waals surface area contributed by atoms with Crippen molar-refractivity contribution in [3.63, 3.8) is 0 Å². The molecule has 0 fully saturated rings. The van der Waals surface area contributed by atoms with E-state index in [1.54, 1.807) is 20.2 Å². The predicted molar refractivity (Wildman–Crippen MR) is 83.8 cm³/mol. The first-order valence-corrected chi connectivity index (χ1v) is 6.73. The molecule has 0 saturated heterocycles. The Bertz CT molecular complexity index is 573. The molecule has 2 aromatic rings.